The fourth-order valence-corrected chi connectivity index (χ4v) is 3.88. The minimum Gasteiger partial charge on any atom is -0.493 e. The summed E-state index contributed by atoms with van der Waals surface area (Å²) in [6.45, 7) is -1.37. The Bertz CT molecular complexity index is 660. The van der Waals surface area contributed by atoms with E-state index in [0.29, 0.717) is 24.9 Å². The Morgan fingerprint density at radius 2 is 1.89 bits per heavy atom. The fourth-order valence-electron chi connectivity index (χ4n) is 3.88. The number of carbonyl (C=O) groups excluding carboxylic acids is 1. The Balaban J connectivity index is 0.00000280. The van der Waals surface area contributed by atoms with E-state index in [1.807, 2.05) is 0 Å². The molecule has 2 fully saturated rings. The van der Waals surface area contributed by atoms with Crippen molar-refractivity contribution in [2.75, 3.05) is 13.7 Å². The first-order chi connectivity index (χ1) is 12.8. The summed E-state index contributed by atoms with van der Waals surface area (Å²) in [6.07, 6.45) is 0.711. The molecule has 0 saturated carbocycles. The van der Waals surface area contributed by atoms with Crippen LogP contribution in [-0.4, -0.2) is 43.9 Å². The molecule has 2 atom stereocenters. The van der Waals surface area contributed by atoms with Gasteiger partial charge in [-0.25, -0.2) is 0 Å². The normalized spacial score (nSPS) is 23.6. The van der Waals surface area contributed by atoms with E-state index in [1.54, 1.807) is 12.1 Å². The van der Waals surface area contributed by atoms with Crippen LogP contribution in [0.1, 0.15) is 37.7 Å². The topological polar surface area (TPSA) is 59.6 Å². The van der Waals surface area contributed by atoms with Crippen LogP contribution in [0.4, 0.5) is 13.2 Å². The number of fused-ring (bicyclic) bond motifs is 2. The van der Waals surface area contributed by atoms with Gasteiger partial charge in [0.05, 0.1) is 7.11 Å². The Kier molecular flexibility index (Phi) is 7.83. The van der Waals surface area contributed by atoms with Gasteiger partial charge < -0.3 is 20.1 Å². The van der Waals surface area contributed by atoms with Crippen LogP contribution < -0.4 is 20.1 Å². The number of methoxy groups -OCH3 is 1. The van der Waals surface area contributed by atoms with Crippen molar-refractivity contribution < 1.29 is 27.4 Å². The predicted octanol–water partition coefficient (Wildman–Crippen LogP) is 3.39. The molecule has 9 heteroatoms. The second kappa shape index (κ2) is 9.69. The number of nitrogens with one attached hydrogen (secondary N) is 2. The molecule has 2 aliphatic rings. The summed E-state index contributed by atoms with van der Waals surface area (Å²) in [6, 6.07) is 5.98. The second-order valence-corrected chi connectivity index (χ2v) is 7.26. The van der Waals surface area contributed by atoms with E-state index < -0.39 is 12.8 Å². The van der Waals surface area contributed by atoms with Crippen molar-refractivity contribution >= 4 is 18.3 Å². The van der Waals surface area contributed by atoms with Gasteiger partial charge in [0.15, 0.2) is 18.1 Å². The summed E-state index contributed by atoms with van der Waals surface area (Å²) in [4.78, 5) is 12.2. The number of hydrogen-bond acceptors (Lipinski definition) is 4. The molecule has 2 bridgehead atoms. The molecule has 2 N–H and O–H groups in total. The molecule has 1 amide bonds. The molecular weight excluding hydrogens is 397 g/mol. The fraction of sp³-hybridized carbons (Fsp3) is 0.632. The minimum absolute atomic E-state index is 0. The van der Waals surface area contributed by atoms with Gasteiger partial charge in [0, 0.05) is 24.5 Å². The van der Waals surface area contributed by atoms with Crippen LogP contribution in [0, 0.1) is 0 Å². The SMILES string of the molecule is COc1cc(CCC(=O)NC2CC3CCC(C2)N3)ccc1OCC(F)(F)F.Cl. The van der Waals surface area contributed by atoms with Gasteiger partial charge >= 0.3 is 6.18 Å². The van der Waals surface area contributed by atoms with Crippen LogP contribution in [0.3, 0.4) is 0 Å². The average Bonchev–Trinajstić information content (AvgIpc) is 2.96. The van der Waals surface area contributed by atoms with Gasteiger partial charge in [-0.3, -0.25) is 4.79 Å². The molecule has 2 unspecified atom stereocenters. The first-order valence-corrected chi connectivity index (χ1v) is 9.24. The number of amides is 1. The van der Waals surface area contributed by atoms with E-state index in [-0.39, 0.29) is 35.9 Å². The van der Waals surface area contributed by atoms with E-state index in [2.05, 4.69) is 10.6 Å². The van der Waals surface area contributed by atoms with Crippen molar-refractivity contribution in [3.8, 4) is 11.5 Å². The summed E-state index contributed by atoms with van der Waals surface area (Å²) in [5.74, 6) is 0.262. The van der Waals surface area contributed by atoms with Gasteiger partial charge in [0.25, 0.3) is 0 Å². The zero-order valence-corrected chi connectivity index (χ0v) is 16.5. The quantitative estimate of drug-likeness (QED) is 0.707. The number of rotatable bonds is 7. The van der Waals surface area contributed by atoms with E-state index in [9.17, 15) is 18.0 Å². The van der Waals surface area contributed by atoms with E-state index in [1.165, 1.54) is 26.0 Å². The summed E-state index contributed by atoms with van der Waals surface area (Å²) in [5.41, 5.74) is 0.812. The molecule has 2 saturated heterocycles. The van der Waals surface area contributed by atoms with Gasteiger partial charge in [0.1, 0.15) is 0 Å². The number of ether oxygens (including phenoxy) is 2. The van der Waals surface area contributed by atoms with Crippen molar-refractivity contribution in [2.45, 2.75) is 62.8 Å². The van der Waals surface area contributed by atoms with E-state index >= 15 is 0 Å². The number of aryl methyl sites for hydroxylation is 1. The third-order valence-corrected chi connectivity index (χ3v) is 5.10. The van der Waals surface area contributed by atoms with Crippen molar-refractivity contribution in [3.63, 3.8) is 0 Å². The summed E-state index contributed by atoms with van der Waals surface area (Å²) in [7, 11) is 1.37. The van der Waals surface area contributed by atoms with Crippen LogP contribution >= 0.6 is 12.4 Å². The second-order valence-electron chi connectivity index (χ2n) is 7.26. The number of piperidine rings is 1. The van der Waals surface area contributed by atoms with Crippen LogP contribution in [0.5, 0.6) is 11.5 Å². The highest BCUT2D eigenvalue weighted by Gasteiger charge is 2.34. The lowest BCUT2D eigenvalue weighted by Crippen LogP contribution is -2.48. The first-order valence-electron chi connectivity index (χ1n) is 9.24. The van der Waals surface area contributed by atoms with Gasteiger partial charge in [-0.15, -0.1) is 12.4 Å². The number of alkyl halides is 3. The molecule has 2 aliphatic heterocycles. The molecular formula is C19H26ClF3N2O3. The highest BCUT2D eigenvalue weighted by Crippen LogP contribution is 2.30. The van der Waals surface area contributed by atoms with Crippen LogP contribution in [0.25, 0.3) is 0 Å². The Hall–Kier alpha value is -1.67. The first kappa shape index (κ1) is 22.6. The minimum atomic E-state index is -4.41. The standard InChI is InChI=1S/C19H25F3N2O3.ClH/c1-26-17-8-12(2-6-16(17)27-11-19(20,21)22)3-7-18(25)24-15-9-13-4-5-14(10-15)23-13;/h2,6,8,13-15,23H,3-5,7,9-11H2,1H3,(H,24,25);1H. The van der Waals surface area contributed by atoms with Crippen LogP contribution in [-0.2, 0) is 11.2 Å². The lowest BCUT2D eigenvalue weighted by Gasteiger charge is -2.29. The number of benzene rings is 1. The Morgan fingerprint density at radius 1 is 1.21 bits per heavy atom. The summed E-state index contributed by atoms with van der Waals surface area (Å²) < 4.78 is 46.8. The van der Waals surface area contributed by atoms with E-state index in [4.69, 9.17) is 9.47 Å². The van der Waals surface area contributed by atoms with Crippen molar-refractivity contribution in [2.24, 2.45) is 0 Å². The molecule has 2 heterocycles. The molecule has 0 spiro atoms. The smallest absolute Gasteiger partial charge is 0.422 e. The van der Waals surface area contributed by atoms with Crippen LogP contribution in [0.15, 0.2) is 18.2 Å². The molecule has 1 aromatic carbocycles. The van der Waals surface area contributed by atoms with Gasteiger partial charge in [-0.1, -0.05) is 6.07 Å². The van der Waals surface area contributed by atoms with Crippen molar-refractivity contribution in [1.82, 2.24) is 10.6 Å². The Morgan fingerprint density at radius 3 is 2.50 bits per heavy atom. The number of hydrogen-bond donors (Lipinski definition) is 2. The lowest BCUT2D eigenvalue weighted by atomic mass is 9.99. The van der Waals surface area contributed by atoms with Gasteiger partial charge in [0.2, 0.25) is 5.91 Å². The van der Waals surface area contributed by atoms with Crippen LogP contribution in [0.2, 0.25) is 0 Å². The summed E-state index contributed by atoms with van der Waals surface area (Å²) >= 11 is 0. The molecule has 5 nitrogen and oxygen atoms in total. The predicted molar refractivity (Wildman–Crippen MR) is 101 cm³/mol. The van der Waals surface area contributed by atoms with Gasteiger partial charge in [-0.05, 0) is 49.8 Å². The summed E-state index contributed by atoms with van der Waals surface area (Å²) in [5, 5.41) is 6.65. The largest absolute Gasteiger partial charge is 0.493 e. The molecule has 0 aromatic heterocycles. The molecule has 158 valence electrons. The molecule has 0 aliphatic carbocycles. The maximum Gasteiger partial charge on any atom is 0.422 e. The van der Waals surface area contributed by atoms with Crippen molar-refractivity contribution in [1.29, 1.82) is 0 Å². The molecule has 0 radical (unpaired) electrons. The maximum absolute atomic E-state index is 12.3. The Labute approximate surface area is 168 Å². The highest BCUT2D eigenvalue weighted by molar-refractivity contribution is 5.85. The van der Waals surface area contributed by atoms with Crippen molar-refractivity contribution in [3.05, 3.63) is 23.8 Å². The number of halogens is 4. The third kappa shape index (κ3) is 6.44. The number of carbonyl (C=O) groups is 1. The average molecular weight is 423 g/mol. The molecule has 28 heavy (non-hydrogen) atoms. The van der Waals surface area contributed by atoms with E-state index in [0.717, 1.165) is 18.4 Å². The monoisotopic (exact) mass is 422 g/mol. The zero-order valence-electron chi connectivity index (χ0n) is 15.7. The highest BCUT2D eigenvalue weighted by atomic mass is 35.5. The van der Waals surface area contributed by atoms with Gasteiger partial charge in [-0.2, -0.15) is 13.2 Å². The molecule has 3 rings (SSSR count). The molecule has 1 aromatic rings. The zero-order chi connectivity index (χ0) is 19.4. The lowest BCUT2D eigenvalue weighted by molar-refractivity contribution is -0.153. The third-order valence-electron chi connectivity index (χ3n) is 5.10. The maximum atomic E-state index is 12.3.